The zero-order valence-electron chi connectivity index (χ0n) is 7.82. The number of aromatic amines is 2. The Balaban J connectivity index is 1.95. The minimum Gasteiger partial charge on any atom is -0.384 e. The standard InChI is InChI=1S/C8H10N6O/c9-7-5(2-13-14-7)1-10-8(15)6-3-11-12-4-6/h2-4H,1H2,(H,10,15)(H,11,12)(H3,9,13,14). The van der Waals surface area contributed by atoms with E-state index in [1.54, 1.807) is 6.20 Å². The molecule has 2 rings (SSSR count). The minimum absolute atomic E-state index is 0.204. The van der Waals surface area contributed by atoms with E-state index in [1.807, 2.05) is 0 Å². The summed E-state index contributed by atoms with van der Waals surface area (Å²) in [7, 11) is 0. The Bertz CT molecular complexity index is 445. The van der Waals surface area contributed by atoms with Gasteiger partial charge in [0.25, 0.3) is 5.91 Å². The summed E-state index contributed by atoms with van der Waals surface area (Å²) >= 11 is 0. The first-order valence-electron chi connectivity index (χ1n) is 4.32. The van der Waals surface area contributed by atoms with Crippen LogP contribution in [0.3, 0.4) is 0 Å². The first-order chi connectivity index (χ1) is 7.27. The molecule has 0 saturated heterocycles. The highest BCUT2D eigenvalue weighted by atomic mass is 16.1. The lowest BCUT2D eigenvalue weighted by Gasteiger charge is -2.01. The third-order valence-electron chi connectivity index (χ3n) is 1.95. The van der Waals surface area contributed by atoms with Crippen LogP contribution >= 0.6 is 0 Å². The molecule has 5 N–H and O–H groups in total. The van der Waals surface area contributed by atoms with Crippen molar-refractivity contribution in [3.05, 3.63) is 29.7 Å². The number of aromatic nitrogens is 4. The van der Waals surface area contributed by atoms with Crippen LogP contribution in [-0.2, 0) is 6.54 Å². The molecule has 0 aliphatic rings. The number of hydrogen-bond donors (Lipinski definition) is 4. The van der Waals surface area contributed by atoms with Crippen molar-refractivity contribution in [1.82, 2.24) is 25.7 Å². The number of amides is 1. The molecule has 0 radical (unpaired) electrons. The number of anilines is 1. The van der Waals surface area contributed by atoms with E-state index in [-0.39, 0.29) is 5.91 Å². The summed E-state index contributed by atoms with van der Waals surface area (Å²) in [5.41, 5.74) is 6.80. The lowest BCUT2D eigenvalue weighted by atomic mass is 10.3. The third kappa shape index (κ3) is 1.96. The van der Waals surface area contributed by atoms with Crippen LogP contribution < -0.4 is 11.1 Å². The number of nitrogen functional groups attached to an aromatic ring is 1. The monoisotopic (exact) mass is 206 g/mol. The number of rotatable bonds is 3. The van der Waals surface area contributed by atoms with Crippen LogP contribution in [0.2, 0.25) is 0 Å². The van der Waals surface area contributed by atoms with Crippen molar-refractivity contribution in [3.8, 4) is 0 Å². The Hall–Kier alpha value is -2.31. The minimum atomic E-state index is -0.204. The van der Waals surface area contributed by atoms with Crippen LogP contribution in [0.15, 0.2) is 18.6 Å². The lowest BCUT2D eigenvalue weighted by molar-refractivity contribution is 0.0951. The fraction of sp³-hybridized carbons (Fsp3) is 0.125. The summed E-state index contributed by atoms with van der Waals surface area (Å²) in [6, 6.07) is 0. The number of carbonyl (C=O) groups excluding carboxylic acids is 1. The molecule has 0 aliphatic carbocycles. The van der Waals surface area contributed by atoms with Gasteiger partial charge in [-0.2, -0.15) is 10.2 Å². The van der Waals surface area contributed by atoms with Gasteiger partial charge in [-0.25, -0.2) is 0 Å². The Morgan fingerprint density at radius 3 is 2.93 bits per heavy atom. The maximum Gasteiger partial charge on any atom is 0.254 e. The van der Waals surface area contributed by atoms with Crippen molar-refractivity contribution in [3.63, 3.8) is 0 Å². The molecule has 0 bridgehead atoms. The number of nitrogens with two attached hydrogens (primary N) is 1. The smallest absolute Gasteiger partial charge is 0.254 e. The van der Waals surface area contributed by atoms with Crippen molar-refractivity contribution >= 4 is 11.7 Å². The number of nitrogens with zero attached hydrogens (tertiary/aromatic N) is 2. The summed E-state index contributed by atoms with van der Waals surface area (Å²) in [5, 5.41) is 15.3. The second kappa shape index (κ2) is 3.82. The van der Waals surface area contributed by atoms with E-state index in [1.165, 1.54) is 12.4 Å². The third-order valence-corrected chi connectivity index (χ3v) is 1.95. The lowest BCUT2D eigenvalue weighted by Crippen LogP contribution is -2.22. The highest BCUT2D eigenvalue weighted by molar-refractivity contribution is 5.93. The normalized spacial score (nSPS) is 10.1. The predicted octanol–water partition coefficient (Wildman–Crippen LogP) is -0.355. The van der Waals surface area contributed by atoms with Crippen molar-refractivity contribution in [1.29, 1.82) is 0 Å². The van der Waals surface area contributed by atoms with Gasteiger partial charge in [0.2, 0.25) is 0 Å². The van der Waals surface area contributed by atoms with Crippen LogP contribution in [0.5, 0.6) is 0 Å². The molecule has 7 nitrogen and oxygen atoms in total. The van der Waals surface area contributed by atoms with Gasteiger partial charge in [0, 0.05) is 18.3 Å². The highest BCUT2D eigenvalue weighted by Crippen LogP contribution is 2.05. The van der Waals surface area contributed by atoms with Gasteiger partial charge in [-0.3, -0.25) is 15.0 Å². The van der Waals surface area contributed by atoms with Crippen LogP contribution in [0.1, 0.15) is 15.9 Å². The molecule has 1 amide bonds. The average molecular weight is 206 g/mol. The van der Waals surface area contributed by atoms with Crippen LogP contribution in [-0.4, -0.2) is 26.3 Å². The van der Waals surface area contributed by atoms with Crippen molar-refractivity contribution in [2.24, 2.45) is 0 Å². The zero-order chi connectivity index (χ0) is 10.7. The number of carbonyl (C=O) groups is 1. The largest absolute Gasteiger partial charge is 0.384 e. The van der Waals surface area contributed by atoms with Gasteiger partial charge in [0.1, 0.15) is 5.82 Å². The fourth-order valence-corrected chi connectivity index (χ4v) is 1.11. The van der Waals surface area contributed by atoms with Gasteiger partial charge in [-0.15, -0.1) is 0 Å². The molecule has 2 heterocycles. The molecule has 0 spiro atoms. The quantitative estimate of drug-likeness (QED) is 0.549. The van der Waals surface area contributed by atoms with E-state index in [9.17, 15) is 4.79 Å². The van der Waals surface area contributed by atoms with Crippen molar-refractivity contribution < 1.29 is 4.79 Å². The van der Waals surface area contributed by atoms with Crippen LogP contribution in [0, 0.1) is 0 Å². The number of nitrogens with one attached hydrogen (secondary N) is 3. The van der Waals surface area contributed by atoms with E-state index in [0.717, 1.165) is 5.56 Å². The number of H-pyrrole nitrogens is 2. The van der Waals surface area contributed by atoms with E-state index in [4.69, 9.17) is 5.73 Å². The molecule has 0 unspecified atom stereocenters. The van der Waals surface area contributed by atoms with E-state index < -0.39 is 0 Å². The molecule has 0 fully saturated rings. The van der Waals surface area contributed by atoms with Gasteiger partial charge in [0.05, 0.1) is 18.0 Å². The SMILES string of the molecule is Nc1[nH]ncc1CNC(=O)c1cn[nH]c1. The van der Waals surface area contributed by atoms with Gasteiger partial charge < -0.3 is 11.1 Å². The molecule has 78 valence electrons. The average Bonchev–Trinajstić information content (AvgIpc) is 2.85. The molecular weight excluding hydrogens is 196 g/mol. The second-order valence-corrected chi connectivity index (χ2v) is 2.98. The maximum absolute atomic E-state index is 11.5. The highest BCUT2D eigenvalue weighted by Gasteiger charge is 2.07. The molecule has 15 heavy (non-hydrogen) atoms. The predicted molar refractivity (Wildman–Crippen MR) is 52.8 cm³/mol. The summed E-state index contributed by atoms with van der Waals surface area (Å²) < 4.78 is 0. The second-order valence-electron chi connectivity index (χ2n) is 2.98. The fourth-order valence-electron chi connectivity index (χ4n) is 1.11. The van der Waals surface area contributed by atoms with E-state index in [0.29, 0.717) is 17.9 Å². The molecule has 2 aromatic rings. The zero-order valence-corrected chi connectivity index (χ0v) is 7.82. The Kier molecular flexibility index (Phi) is 2.36. The molecular formula is C8H10N6O. The Labute approximate surface area is 85.1 Å². The van der Waals surface area contributed by atoms with Crippen LogP contribution in [0.4, 0.5) is 5.82 Å². The molecule has 0 aliphatic heterocycles. The Morgan fingerprint density at radius 1 is 1.47 bits per heavy atom. The molecule has 0 saturated carbocycles. The van der Waals surface area contributed by atoms with Crippen molar-refractivity contribution in [2.75, 3.05) is 5.73 Å². The topological polar surface area (TPSA) is 112 Å². The molecule has 0 aromatic carbocycles. The molecule has 7 heteroatoms. The van der Waals surface area contributed by atoms with Gasteiger partial charge in [-0.1, -0.05) is 0 Å². The van der Waals surface area contributed by atoms with E-state index in [2.05, 4.69) is 25.7 Å². The van der Waals surface area contributed by atoms with E-state index >= 15 is 0 Å². The van der Waals surface area contributed by atoms with Gasteiger partial charge in [-0.05, 0) is 0 Å². The van der Waals surface area contributed by atoms with Crippen LogP contribution in [0.25, 0.3) is 0 Å². The maximum atomic E-state index is 11.5. The molecule has 2 aromatic heterocycles. The summed E-state index contributed by atoms with van der Waals surface area (Å²) in [6.45, 7) is 0.340. The van der Waals surface area contributed by atoms with Gasteiger partial charge >= 0.3 is 0 Å². The summed E-state index contributed by atoms with van der Waals surface area (Å²) in [4.78, 5) is 11.5. The summed E-state index contributed by atoms with van der Waals surface area (Å²) in [5.74, 6) is 0.256. The first kappa shape index (κ1) is 9.25. The number of hydrogen-bond acceptors (Lipinski definition) is 4. The van der Waals surface area contributed by atoms with Crippen molar-refractivity contribution in [2.45, 2.75) is 6.54 Å². The van der Waals surface area contributed by atoms with Gasteiger partial charge in [0.15, 0.2) is 0 Å². The molecule has 0 atom stereocenters. The summed E-state index contributed by atoms with van der Waals surface area (Å²) in [6.07, 6.45) is 4.55. The first-order valence-corrected chi connectivity index (χ1v) is 4.32. The Morgan fingerprint density at radius 2 is 2.33 bits per heavy atom.